The first-order valence-corrected chi connectivity index (χ1v) is 5.11. The van der Waals surface area contributed by atoms with Crippen LogP contribution in [-0.4, -0.2) is 5.91 Å². The van der Waals surface area contributed by atoms with E-state index < -0.39 is 0 Å². The van der Waals surface area contributed by atoms with Crippen LogP contribution < -0.4 is 11.3 Å². The zero-order valence-electron chi connectivity index (χ0n) is 7.89. The third-order valence-corrected chi connectivity index (χ3v) is 2.99. The molecule has 0 bridgehead atoms. The van der Waals surface area contributed by atoms with E-state index in [1.807, 2.05) is 13.0 Å². The molecule has 72 valence electrons. The molecule has 0 aliphatic carbocycles. The molecule has 13 heavy (non-hydrogen) atoms. The molecule has 0 spiro atoms. The predicted molar refractivity (Wildman–Crippen MR) is 54.7 cm³/mol. The average Bonchev–Trinajstić information content (AvgIpc) is 2.47. The van der Waals surface area contributed by atoms with Gasteiger partial charge in [-0.05, 0) is 25.0 Å². The lowest BCUT2D eigenvalue weighted by Gasteiger charge is -1.93. The third kappa shape index (κ3) is 2.29. The second kappa shape index (κ2) is 4.39. The molecule has 0 radical (unpaired) electrons. The number of hydrazine groups is 1. The Labute approximate surface area is 81.9 Å². The van der Waals surface area contributed by atoms with Gasteiger partial charge in [0.25, 0.3) is 5.91 Å². The number of nitrogen functional groups attached to an aromatic ring is 1. The van der Waals surface area contributed by atoms with Crippen LogP contribution >= 0.6 is 11.3 Å². The van der Waals surface area contributed by atoms with E-state index in [0.717, 1.165) is 12.8 Å². The third-order valence-electron chi connectivity index (χ3n) is 1.89. The van der Waals surface area contributed by atoms with E-state index in [1.54, 1.807) is 0 Å². The summed E-state index contributed by atoms with van der Waals surface area (Å²) < 4.78 is 0. The standard InChI is InChI=1S/C9H14N2OS/c1-3-4-7-5-8(9(12)11-10)13-6(7)2/h5H,3-4,10H2,1-2H3,(H,11,12). The van der Waals surface area contributed by atoms with Crippen LogP contribution in [0.2, 0.25) is 0 Å². The first-order chi connectivity index (χ1) is 6.19. The van der Waals surface area contributed by atoms with Gasteiger partial charge in [0.05, 0.1) is 4.88 Å². The molecule has 1 heterocycles. The highest BCUT2D eigenvalue weighted by atomic mass is 32.1. The zero-order chi connectivity index (χ0) is 9.84. The highest BCUT2D eigenvalue weighted by Gasteiger charge is 2.10. The summed E-state index contributed by atoms with van der Waals surface area (Å²) in [5.74, 6) is 4.85. The van der Waals surface area contributed by atoms with E-state index in [9.17, 15) is 4.79 Å². The van der Waals surface area contributed by atoms with Gasteiger partial charge in [-0.2, -0.15) is 0 Å². The summed E-state index contributed by atoms with van der Waals surface area (Å²) in [5.41, 5.74) is 3.39. The van der Waals surface area contributed by atoms with Gasteiger partial charge in [0.2, 0.25) is 0 Å². The summed E-state index contributed by atoms with van der Waals surface area (Å²) in [4.78, 5) is 13.1. The van der Waals surface area contributed by atoms with Crippen LogP contribution in [0.3, 0.4) is 0 Å². The molecule has 0 atom stereocenters. The molecule has 0 unspecified atom stereocenters. The molecule has 0 saturated heterocycles. The minimum atomic E-state index is -0.199. The molecule has 1 rings (SSSR count). The van der Waals surface area contributed by atoms with Crippen molar-refractivity contribution in [3.63, 3.8) is 0 Å². The fraction of sp³-hybridized carbons (Fsp3) is 0.444. The number of aryl methyl sites for hydroxylation is 2. The molecule has 0 aliphatic rings. The number of nitrogens with two attached hydrogens (primary N) is 1. The number of thiophene rings is 1. The molecular weight excluding hydrogens is 184 g/mol. The molecule has 3 nitrogen and oxygen atoms in total. The van der Waals surface area contributed by atoms with Gasteiger partial charge in [-0.3, -0.25) is 10.2 Å². The Morgan fingerprint density at radius 3 is 2.92 bits per heavy atom. The maximum atomic E-state index is 11.2. The highest BCUT2D eigenvalue weighted by molar-refractivity contribution is 7.14. The van der Waals surface area contributed by atoms with Crippen LogP contribution in [0.25, 0.3) is 0 Å². The molecule has 4 heteroatoms. The Morgan fingerprint density at radius 1 is 1.69 bits per heavy atom. The van der Waals surface area contributed by atoms with Crippen molar-refractivity contribution in [3.05, 3.63) is 21.4 Å². The van der Waals surface area contributed by atoms with Gasteiger partial charge < -0.3 is 0 Å². The number of amides is 1. The van der Waals surface area contributed by atoms with Crippen LogP contribution in [0.1, 0.15) is 33.5 Å². The molecule has 1 amide bonds. The fourth-order valence-electron chi connectivity index (χ4n) is 1.22. The van der Waals surface area contributed by atoms with E-state index in [1.165, 1.54) is 21.8 Å². The Hall–Kier alpha value is -0.870. The van der Waals surface area contributed by atoms with Gasteiger partial charge in [0, 0.05) is 4.88 Å². The first kappa shape index (κ1) is 10.2. The van der Waals surface area contributed by atoms with Gasteiger partial charge in [-0.15, -0.1) is 11.3 Å². The van der Waals surface area contributed by atoms with Crippen molar-refractivity contribution in [1.82, 2.24) is 5.43 Å². The van der Waals surface area contributed by atoms with Crippen molar-refractivity contribution < 1.29 is 4.79 Å². The second-order valence-corrected chi connectivity index (χ2v) is 4.17. The predicted octanol–water partition coefficient (Wildman–Crippen LogP) is 1.61. The zero-order valence-corrected chi connectivity index (χ0v) is 8.70. The van der Waals surface area contributed by atoms with Crippen molar-refractivity contribution in [2.75, 3.05) is 0 Å². The summed E-state index contributed by atoms with van der Waals surface area (Å²) in [5, 5.41) is 0. The van der Waals surface area contributed by atoms with E-state index in [0.29, 0.717) is 4.88 Å². The Morgan fingerprint density at radius 2 is 2.38 bits per heavy atom. The lowest BCUT2D eigenvalue weighted by molar-refractivity contribution is 0.0957. The van der Waals surface area contributed by atoms with Crippen LogP contribution in [-0.2, 0) is 6.42 Å². The number of hydrogen-bond acceptors (Lipinski definition) is 3. The van der Waals surface area contributed by atoms with Gasteiger partial charge in [-0.1, -0.05) is 13.3 Å². The monoisotopic (exact) mass is 198 g/mol. The topological polar surface area (TPSA) is 55.1 Å². The molecule has 0 aliphatic heterocycles. The van der Waals surface area contributed by atoms with Gasteiger partial charge in [-0.25, -0.2) is 5.84 Å². The molecule has 3 N–H and O–H groups in total. The highest BCUT2D eigenvalue weighted by Crippen LogP contribution is 2.22. The SMILES string of the molecule is CCCc1cc(C(=O)NN)sc1C. The van der Waals surface area contributed by atoms with Crippen molar-refractivity contribution >= 4 is 17.2 Å². The van der Waals surface area contributed by atoms with Gasteiger partial charge in [0.15, 0.2) is 0 Å². The number of hydrogen-bond donors (Lipinski definition) is 2. The molecule has 1 aromatic rings. The summed E-state index contributed by atoms with van der Waals surface area (Å²) in [7, 11) is 0. The van der Waals surface area contributed by atoms with Crippen molar-refractivity contribution in [2.24, 2.45) is 5.84 Å². The number of nitrogens with one attached hydrogen (secondary N) is 1. The molecule has 0 fully saturated rings. The van der Waals surface area contributed by atoms with E-state index >= 15 is 0 Å². The minimum Gasteiger partial charge on any atom is -0.289 e. The summed E-state index contributed by atoms with van der Waals surface area (Å²) in [6, 6.07) is 1.92. The van der Waals surface area contributed by atoms with Crippen molar-refractivity contribution in [3.8, 4) is 0 Å². The Bertz CT molecular complexity index is 307. The fourth-order valence-corrected chi connectivity index (χ4v) is 2.20. The molecule has 0 aromatic carbocycles. The van der Waals surface area contributed by atoms with Crippen molar-refractivity contribution in [2.45, 2.75) is 26.7 Å². The normalized spacial score (nSPS) is 10.1. The van der Waals surface area contributed by atoms with Crippen LogP contribution in [0, 0.1) is 6.92 Å². The largest absolute Gasteiger partial charge is 0.289 e. The maximum absolute atomic E-state index is 11.2. The van der Waals surface area contributed by atoms with Crippen LogP contribution in [0.15, 0.2) is 6.07 Å². The van der Waals surface area contributed by atoms with E-state index in [2.05, 4.69) is 12.3 Å². The molecular formula is C9H14N2OS. The quantitative estimate of drug-likeness (QED) is 0.440. The second-order valence-electron chi connectivity index (χ2n) is 2.92. The maximum Gasteiger partial charge on any atom is 0.275 e. The molecule has 0 saturated carbocycles. The van der Waals surface area contributed by atoms with Crippen LogP contribution in [0.5, 0.6) is 0 Å². The Kier molecular flexibility index (Phi) is 3.45. The Balaban J connectivity index is 2.88. The van der Waals surface area contributed by atoms with Gasteiger partial charge >= 0.3 is 0 Å². The summed E-state index contributed by atoms with van der Waals surface area (Å²) in [6.07, 6.45) is 2.13. The number of rotatable bonds is 3. The van der Waals surface area contributed by atoms with E-state index in [-0.39, 0.29) is 5.91 Å². The lowest BCUT2D eigenvalue weighted by atomic mass is 10.1. The minimum absolute atomic E-state index is 0.199. The summed E-state index contributed by atoms with van der Waals surface area (Å²) in [6.45, 7) is 4.16. The van der Waals surface area contributed by atoms with E-state index in [4.69, 9.17) is 5.84 Å². The van der Waals surface area contributed by atoms with Gasteiger partial charge in [0.1, 0.15) is 0 Å². The number of carbonyl (C=O) groups is 1. The van der Waals surface area contributed by atoms with Crippen LogP contribution in [0.4, 0.5) is 0 Å². The van der Waals surface area contributed by atoms with Crippen molar-refractivity contribution in [1.29, 1.82) is 0 Å². The average molecular weight is 198 g/mol. The smallest absolute Gasteiger partial charge is 0.275 e. The lowest BCUT2D eigenvalue weighted by Crippen LogP contribution is -2.29. The summed E-state index contributed by atoms with van der Waals surface area (Å²) >= 11 is 1.49. The first-order valence-electron chi connectivity index (χ1n) is 4.29. The number of carbonyl (C=O) groups excluding carboxylic acids is 1. The molecule has 1 aromatic heterocycles.